The fraction of sp³-hybridized carbons (Fsp3) is 0.500. The first-order valence-corrected chi connectivity index (χ1v) is 6.90. The van der Waals surface area contributed by atoms with Crippen LogP contribution < -0.4 is 0 Å². The number of hydrogen-bond acceptors (Lipinski definition) is 2. The lowest BCUT2D eigenvalue weighted by molar-refractivity contribution is -0.119. The zero-order valence-corrected chi connectivity index (χ0v) is 11.0. The van der Waals surface area contributed by atoms with E-state index < -0.39 is 0 Å². The molecule has 16 heavy (non-hydrogen) atoms. The van der Waals surface area contributed by atoms with Gasteiger partial charge in [-0.2, -0.15) is 11.8 Å². The highest BCUT2D eigenvalue weighted by molar-refractivity contribution is 8.00. The minimum absolute atomic E-state index is 0.255. The molecule has 1 aliphatic rings. The molecule has 1 fully saturated rings. The molecule has 0 aromatic heterocycles. The molecule has 1 atom stereocenters. The molecule has 0 aliphatic carbocycles. The first kappa shape index (κ1) is 11.7. The third-order valence-electron chi connectivity index (χ3n) is 3.31. The van der Waals surface area contributed by atoms with Crippen molar-refractivity contribution in [3.63, 3.8) is 0 Å². The second-order valence-electron chi connectivity index (χ2n) is 4.76. The lowest BCUT2D eigenvalue weighted by atomic mass is 9.90. The summed E-state index contributed by atoms with van der Waals surface area (Å²) in [5.74, 6) is 2.41. The van der Waals surface area contributed by atoms with Gasteiger partial charge in [0.2, 0.25) is 0 Å². The molecular weight excluding hydrogens is 216 g/mol. The quantitative estimate of drug-likeness (QED) is 0.782. The highest BCUT2D eigenvalue weighted by atomic mass is 32.2. The molecule has 0 saturated carbocycles. The van der Waals surface area contributed by atoms with Crippen LogP contribution in [0, 0.1) is 26.7 Å². The van der Waals surface area contributed by atoms with Gasteiger partial charge in [-0.1, -0.05) is 17.7 Å². The van der Waals surface area contributed by atoms with Crippen molar-refractivity contribution < 1.29 is 4.79 Å². The van der Waals surface area contributed by atoms with Gasteiger partial charge >= 0.3 is 0 Å². The van der Waals surface area contributed by atoms with Crippen molar-refractivity contribution in [3.05, 3.63) is 34.4 Å². The molecule has 0 amide bonds. The highest BCUT2D eigenvalue weighted by Crippen LogP contribution is 2.27. The average molecular weight is 234 g/mol. The van der Waals surface area contributed by atoms with Crippen molar-refractivity contribution in [1.29, 1.82) is 0 Å². The molecule has 1 aromatic rings. The van der Waals surface area contributed by atoms with E-state index in [1.807, 2.05) is 0 Å². The summed E-state index contributed by atoms with van der Waals surface area (Å²) in [6.45, 7) is 6.43. The number of ketones is 1. The molecule has 0 N–H and O–H groups in total. The van der Waals surface area contributed by atoms with Gasteiger partial charge in [-0.15, -0.1) is 0 Å². The molecule has 1 saturated heterocycles. The van der Waals surface area contributed by atoms with Gasteiger partial charge in [-0.25, -0.2) is 0 Å². The largest absolute Gasteiger partial charge is 0.298 e. The Morgan fingerprint density at radius 3 is 2.38 bits per heavy atom. The fourth-order valence-electron chi connectivity index (χ4n) is 2.46. The van der Waals surface area contributed by atoms with Crippen molar-refractivity contribution in [3.8, 4) is 0 Å². The van der Waals surface area contributed by atoms with Crippen LogP contribution >= 0.6 is 11.8 Å². The lowest BCUT2D eigenvalue weighted by Gasteiger charge is -2.14. The SMILES string of the molecule is Cc1cc(C)c(CC2CSCC2=O)c(C)c1. The monoisotopic (exact) mass is 234 g/mol. The van der Waals surface area contributed by atoms with Gasteiger partial charge in [0.15, 0.2) is 0 Å². The molecule has 1 heterocycles. The van der Waals surface area contributed by atoms with Crippen molar-refractivity contribution >= 4 is 17.5 Å². The maximum absolute atomic E-state index is 11.6. The standard InChI is InChI=1S/C14H18OS/c1-9-4-10(2)13(11(3)5-9)6-12-7-16-8-14(12)15/h4-5,12H,6-8H2,1-3H3. The first-order chi connectivity index (χ1) is 7.58. The number of benzene rings is 1. The molecule has 0 spiro atoms. The van der Waals surface area contributed by atoms with Crippen molar-refractivity contribution in [2.75, 3.05) is 11.5 Å². The molecule has 1 aromatic carbocycles. The average Bonchev–Trinajstić information content (AvgIpc) is 2.57. The third-order valence-corrected chi connectivity index (χ3v) is 4.44. The minimum Gasteiger partial charge on any atom is -0.298 e. The van der Waals surface area contributed by atoms with E-state index in [9.17, 15) is 4.79 Å². The number of carbonyl (C=O) groups excluding carboxylic acids is 1. The molecule has 0 bridgehead atoms. The van der Waals surface area contributed by atoms with Crippen LogP contribution in [0.15, 0.2) is 12.1 Å². The zero-order valence-electron chi connectivity index (χ0n) is 10.2. The molecule has 1 unspecified atom stereocenters. The first-order valence-electron chi connectivity index (χ1n) is 5.75. The molecule has 2 rings (SSSR count). The molecule has 0 radical (unpaired) electrons. The number of thioether (sulfide) groups is 1. The highest BCUT2D eigenvalue weighted by Gasteiger charge is 2.25. The maximum atomic E-state index is 11.6. The van der Waals surface area contributed by atoms with Crippen molar-refractivity contribution in [2.45, 2.75) is 27.2 Å². The smallest absolute Gasteiger partial charge is 0.146 e. The number of carbonyl (C=O) groups is 1. The van der Waals surface area contributed by atoms with Crippen LogP contribution in [0.4, 0.5) is 0 Å². The zero-order chi connectivity index (χ0) is 11.7. The summed E-state index contributed by atoms with van der Waals surface area (Å²) in [7, 11) is 0. The summed E-state index contributed by atoms with van der Waals surface area (Å²) in [6, 6.07) is 4.43. The van der Waals surface area contributed by atoms with E-state index in [1.54, 1.807) is 11.8 Å². The predicted octanol–water partition coefficient (Wildman–Crippen LogP) is 3.09. The summed E-state index contributed by atoms with van der Waals surface area (Å²) in [6.07, 6.45) is 0.934. The predicted molar refractivity (Wildman–Crippen MR) is 70.2 cm³/mol. The van der Waals surface area contributed by atoms with Gasteiger partial charge in [0.1, 0.15) is 5.78 Å². The third kappa shape index (κ3) is 2.32. The molecule has 1 nitrogen and oxygen atoms in total. The Balaban J connectivity index is 2.24. The summed E-state index contributed by atoms with van der Waals surface area (Å²) in [5, 5.41) is 0. The Labute approximate surface area is 102 Å². The molecule has 1 aliphatic heterocycles. The number of hydrogen-bond donors (Lipinski definition) is 0. The molecular formula is C14H18OS. The van der Waals surface area contributed by atoms with E-state index in [1.165, 1.54) is 22.3 Å². The van der Waals surface area contributed by atoms with Crippen LogP contribution in [0.25, 0.3) is 0 Å². The summed E-state index contributed by atoms with van der Waals surface area (Å²) in [5.41, 5.74) is 5.36. The van der Waals surface area contributed by atoms with Gasteiger partial charge in [-0.3, -0.25) is 4.79 Å². The Morgan fingerprint density at radius 2 is 1.88 bits per heavy atom. The Kier molecular flexibility index (Phi) is 3.38. The van der Waals surface area contributed by atoms with Gasteiger partial charge in [0, 0.05) is 11.7 Å². The Hall–Kier alpha value is -0.760. The number of Topliss-reactive ketones (excluding diaryl/α,β-unsaturated/α-hetero) is 1. The second-order valence-corrected chi connectivity index (χ2v) is 5.79. The Morgan fingerprint density at radius 1 is 1.25 bits per heavy atom. The van der Waals surface area contributed by atoms with Gasteiger partial charge in [-0.05, 0) is 43.9 Å². The summed E-state index contributed by atoms with van der Waals surface area (Å²) >= 11 is 1.77. The van der Waals surface area contributed by atoms with E-state index in [-0.39, 0.29) is 5.92 Å². The van der Waals surface area contributed by atoms with E-state index in [2.05, 4.69) is 32.9 Å². The maximum Gasteiger partial charge on any atom is 0.146 e. The lowest BCUT2D eigenvalue weighted by Crippen LogP contribution is -2.15. The second kappa shape index (κ2) is 4.62. The normalized spacial score (nSPS) is 20.4. The molecule has 86 valence electrons. The fourth-order valence-corrected chi connectivity index (χ4v) is 3.61. The number of rotatable bonds is 2. The van der Waals surface area contributed by atoms with E-state index in [0.29, 0.717) is 11.5 Å². The van der Waals surface area contributed by atoms with Crippen LogP contribution in [0.3, 0.4) is 0 Å². The van der Waals surface area contributed by atoms with Gasteiger partial charge in [0.05, 0.1) is 5.75 Å². The topological polar surface area (TPSA) is 17.1 Å². The van der Waals surface area contributed by atoms with E-state index in [4.69, 9.17) is 0 Å². The van der Waals surface area contributed by atoms with Crippen LogP contribution in [0.5, 0.6) is 0 Å². The Bertz CT molecular complexity index is 400. The van der Waals surface area contributed by atoms with Crippen molar-refractivity contribution in [2.24, 2.45) is 5.92 Å². The van der Waals surface area contributed by atoms with Crippen LogP contribution in [-0.2, 0) is 11.2 Å². The van der Waals surface area contributed by atoms with Crippen molar-refractivity contribution in [1.82, 2.24) is 0 Å². The number of aryl methyl sites for hydroxylation is 3. The summed E-state index contributed by atoms with van der Waals surface area (Å²) < 4.78 is 0. The minimum atomic E-state index is 0.255. The van der Waals surface area contributed by atoms with Gasteiger partial charge < -0.3 is 0 Å². The van der Waals surface area contributed by atoms with Crippen LogP contribution in [0.1, 0.15) is 22.3 Å². The van der Waals surface area contributed by atoms with Crippen LogP contribution in [0.2, 0.25) is 0 Å². The molecule has 2 heteroatoms. The summed E-state index contributed by atoms with van der Waals surface area (Å²) in [4.78, 5) is 11.6. The van der Waals surface area contributed by atoms with E-state index in [0.717, 1.165) is 12.2 Å². The van der Waals surface area contributed by atoms with Gasteiger partial charge in [0.25, 0.3) is 0 Å². The van der Waals surface area contributed by atoms with E-state index >= 15 is 0 Å². The van der Waals surface area contributed by atoms with Crippen LogP contribution in [-0.4, -0.2) is 17.3 Å².